The molecule has 0 saturated carbocycles. The van der Waals surface area contributed by atoms with Crippen LogP contribution < -0.4 is 25.4 Å². The van der Waals surface area contributed by atoms with Gasteiger partial charge in [-0.1, -0.05) is 30.3 Å². The number of ether oxygens (including phenoxy) is 3. The lowest BCUT2D eigenvalue weighted by Gasteiger charge is -2.36. The Morgan fingerprint density at radius 2 is 1.88 bits per heavy atom. The van der Waals surface area contributed by atoms with E-state index >= 15 is 0 Å². The van der Waals surface area contributed by atoms with Crippen LogP contribution in [0.5, 0.6) is 11.5 Å². The van der Waals surface area contributed by atoms with Gasteiger partial charge in [-0.15, -0.1) is 0 Å². The van der Waals surface area contributed by atoms with E-state index in [4.69, 9.17) is 14.2 Å². The van der Waals surface area contributed by atoms with E-state index in [1.165, 1.54) is 0 Å². The highest BCUT2D eigenvalue weighted by molar-refractivity contribution is 5.90. The number of fused-ring (bicyclic) bond motifs is 1. The van der Waals surface area contributed by atoms with Crippen LogP contribution in [0.1, 0.15) is 37.8 Å². The third-order valence-electron chi connectivity index (χ3n) is 5.83. The molecule has 9 nitrogen and oxygen atoms in total. The van der Waals surface area contributed by atoms with Gasteiger partial charge in [0, 0.05) is 11.8 Å². The van der Waals surface area contributed by atoms with Crippen molar-refractivity contribution in [1.82, 2.24) is 10.6 Å². The molecule has 0 unspecified atom stereocenters. The summed E-state index contributed by atoms with van der Waals surface area (Å²) in [6, 6.07) is 14.0. The molecule has 0 aliphatic carbocycles. The van der Waals surface area contributed by atoms with Crippen molar-refractivity contribution in [2.24, 2.45) is 0 Å². The Morgan fingerprint density at radius 1 is 1.09 bits per heavy atom. The van der Waals surface area contributed by atoms with E-state index in [-0.39, 0.29) is 43.9 Å². The molecule has 0 aromatic heterocycles. The van der Waals surface area contributed by atoms with Gasteiger partial charge in [0.2, 0.25) is 12.7 Å². The maximum absolute atomic E-state index is 12.5. The fourth-order valence-corrected chi connectivity index (χ4v) is 4.09. The smallest absolute Gasteiger partial charge is 0.319 e. The van der Waals surface area contributed by atoms with Crippen LogP contribution in [0.2, 0.25) is 0 Å². The molecule has 0 radical (unpaired) electrons. The van der Waals surface area contributed by atoms with Crippen LogP contribution in [0.25, 0.3) is 0 Å². The molecule has 4 N–H and O–H groups in total. The third-order valence-corrected chi connectivity index (χ3v) is 5.83. The Balaban J connectivity index is 1.25. The quantitative estimate of drug-likeness (QED) is 0.510. The molecule has 4 rings (SSSR count). The molecule has 0 bridgehead atoms. The van der Waals surface area contributed by atoms with Gasteiger partial charge in [0.05, 0.1) is 31.2 Å². The maximum Gasteiger partial charge on any atom is 0.319 e. The largest absolute Gasteiger partial charge is 0.454 e. The molecule has 2 aliphatic rings. The number of amides is 3. The molecule has 0 spiro atoms. The molecule has 1 fully saturated rings. The van der Waals surface area contributed by atoms with Crippen LogP contribution in [-0.2, 0) is 9.53 Å². The molecular formula is C24H29N3O6. The van der Waals surface area contributed by atoms with Gasteiger partial charge in [0.15, 0.2) is 11.5 Å². The Bertz CT molecular complexity index is 970. The van der Waals surface area contributed by atoms with E-state index in [1.807, 2.05) is 37.3 Å². The summed E-state index contributed by atoms with van der Waals surface area (Å²) in [6.07, 6.45) is 0.472. The van der Waals surface area contributed by atoms with Gasteiger partial charge < -0.3 is 35.3 Å². The van der Waals surface area contributed by atoms with E-state index in [9.17, 15) is 14.7 Å². The van der Waals surface area contributed by atoms with Crippen molar-refractivity contribution in [2.75, 3.05) is 18.7 Å². The van der Waals surface area contributed by atoms with Crippen LogP contribution in [0.3, 0.4) is 0 Å². The number of aliphatic hydroxyl groups excluding tert-OH is 1. The van der Waals surface area contributed by atoms with Crippen LogP contribution >= 0.6 is 0 Å². The van der Waals surface area contributed by atoms with Gasteiger partial charge in [-0.2, -0.15) is 0 Å². The zero-order valence-electron chi connectivity index (χ0n) is 18.5. The fourth-order valence-electron chi connectivity index (χ4n) is 4.09. The molecule has 2 heterocycles. The number of carbonyl (C=O) groups excluding carboxylic acids is 2. The first-order valence-corrected chi connectivity index (χ1v) is 11.1. The fraction of sp³-hybridized carbons (Fsp3) is 0.417. The van der Waals surface area contributed by atoms with Crippen LogP contribution in [0.15, 0.2) is 48.5 Å². The zero-order chi connectivity index (χ0) is 23.2. The van der Waals surface area contributed by atoms with Gasteiger partial charge in [0.25, 0.3) is 0 Å². The maximum atomic E-state index is 12.5. The predicted octanol–water partition coefficient (Wildman–Crippen LogP) is 2.71. The second-order valence-corrected chi connectivity index (χ2v) is 8.23. The van der Waals surface area contributed by atoms with Gasteiger partial charge in [-0.3, -0.25) is 4.79 Å². The highest BCUT2D eigenvalue weighted by Crippen LogP contribution is 2.34. The molecule has 3 amide bonds. The molecule has 33 heavy (non-hydrogen) atoms. The highest BCUT2D eigenvalue weighted by Gasteiger charge is 2.33. The summed E-state index contributed by atoms with van der Waals surface area (Å²) in [5.74, 6) is 1.10. The number of hydrogen-bond acceptors (Lipinski definition) is 6. The normalized spacial score (nSPS) is 22.3. The summed E-state index contributed by atoms with van der Waals surface area (Å²) in [6.45, 7) is 1.84. The number of urea groups is 1. The highest BCUT2D eigenvalue weighted by atomic mass is 16.7. The van der Waals surface area contributed by atoms with E-state index < -0.39 is 12.1 Å². The predicted molar refractivity (Wildman–Crippen MR) is 121 cm³/mol. The number of anilines is 1. The van der Waals surface area contributed by atoms with Gasteiger partial charge >= 0.3 is 6.03 Å². The average molecular weight is 456 g/mol. The number of nitrogens with one attached hydrogen (secondary N) is 3. The lowest BCUT2D eigenvalue weighted by atomic mass is 9.97. The second-order valence-electron chi connectivity index (χ2n) is 8.23. The molecule has 2 aromatic carbocycles. The minimum atomic E-state index is -0.592. The Kier molecular flexibility index (Phi) is 7.31. The summed E-state index contributed by atoms with van der Waals surface area (Å²) < 4.78 is 16.5. The first kappa shape index (κ1) is 22.9. The van der Waals surface area contributed by atoms with Crippen molar-refractivity contribution in [3.8, 4) is 11.5 Å². The van der Waals surface area contributed by atoms with Crippen molar-refractivity contribution in [1.29, 1.82) is 0 Å². The zero-order valence-corrected chi connectivity index (χ0v) is 18.5. The van der Waals surface area contributed by atoms with Crippen LogP contribution in [0.4, 0.5) is 10.5 Å². The molecule has 1 saturated heterocycles. The van der Waals surface area contributed by atoms with E-state index in [0.717, 1.165) is 5.56 Å². The number of rotatable bonds is 7. The second kappa shape index (κ2) is 10.5. The minimum Gasteiger partial charge on any atom is -0.454 e. The van der Waals surface area contributed by atoms with Gasteiger partial charge in [0.1, 0.15) is 6.10 Å². The Hall–Kier alpha value is -3.30. The SMILES string of the molecule is C[C@@H](NC(=O)C[C@@H]1CC[C@@H](NC(=O)Nc2ccc3c(c2)OCO3)[C@@H](CO)O1)c1ccccc1. The van der Waals surface area contributed by atoms with E-state index in [1.54, 1.807) is 18.2 Å². The number of benzene rings is 2. The van der Waals surface area contributed by atoms with E-state index in [2.05, 4.69) is 16.0 Å². The average Bonchev–Trinajstić information content (AvgIpc) is 3.28. The summed E-state index contributed by atoms with van der Waals surface area (Å²) in [7, 11) is 0. The summed E-state index contributed by atoms with van der Waals surface area (Å²) in [4.78, 5) is 24.9. The summed E-state index contributed by atoms with van der Waals surface area (Å²) in [5, 5.41) is 18.4. The number of carbonyl (C=O) groups is 2. The van der Waals surface area contributed by atoms with Gasteiger partial charge in [-0.05, 0) is 37.5 Å². The Morgan fingerprint density at radius 3 is 2.67 bits per heavy atom. The first-order valence-electron chi connectivity index (χ1n) is 11.1. The van der Waals surface area contributed by atoms with Crippen LogP contribution in [-0.4, -0.2) is 48.7 Å². The lowest BCUT2D eigenvalue weighted by Crippen LogP contribution is -2.52. The molecule has 2 aromatic rings. The summed E-state index contributed by atoms with van der Waals surface area (Å²) >= 11 is 0. The topological polar surface area (TPSA) is 118 Å². The van der Waals surface area contributed by atoms with Crippen LogP contribution in [0, 0.1) is 0 Å². The molecule has 176 valence electrons. The molecule has 2 aliphatic heterocycles. The first-order chi connectivity index (χ1) is 16.0. The van der Waals surface area contributed by atoms with Crippen molar-refractivity contribution < 1.29 is 28.9 Å². The molecule has 9 heteroatoms. The third kappa shape index (κ3) is 5.94. The molecular weight excluding hydrogens is 426 g/mol. The lowest BCUT2D eigenvalue weighted by molar-refractivity contribution is -0.131. The van der Waals surface area contributed by atoms with Crippen molar-refractivity contribution in [3.05, 3.63) is 54.1 Å². The summed E-state index contributed by atoms with van der Waals surface area (Å²) in [5.41, 5.74) is 1.59. The molecule has 4 atom stereocenters. The van der Waals surface area contributed by atoms with Gasteiger partial charge in [-0.25, -0.2) is 4.79 Å². The monoisotopic (exact) mass is 455 g/mol. The Labute approximate surface area is 192 Å². The number of hydrogen-bond donors (Lipinski definition) is 4. The van der Waals surface area contributed by atoms with Crippen molar-refractivity contribution in [2.45, 2.75) is 50.5 Å². The number of aliphatic hydroxyl groups is 1. The minimum absolute atomic E-state index is 0.106. The van der Waals surface area contributed by atoms with E-state index in [0.29, 0.717) is 30.0 Å². The van der Waals surface area contributed by atoms with Crippen molar-refractivity contribution in [3.63, 3.8) is 0 Å². The standard InChI is InChI=1S/C24H29N3O6/c1-15(16-5-3-2-4-6-16)25-23(29)12-18-8-9-19(22(13-28)33-18)27-24(30)26-17-7-10-20-21(11-17)32-14-31-20/h2-7,10-11,15,18-19,22,28H,8-9,12-14H2,1H3,(H,25,29)(H2,26,27,30)/t15-,18+,19-,22-/m1/s1. The van der Waals surface area contributed by atoms with Crippen molar-refractivity contribution >= 4 is 17.6 Å².